The van der Waals surface area contributed by atoms with Crippen LogP contribution in [-0.4, -0.2) is 113 Å². The van der Waals surface area contributed by atoms with Crippen LogP contribution >= 0.6 is 15.9 Å². The molecule has 1 atom stereocenters. The number of hydrogen-bond acceptors (Lipinski definition) is 8. The molecule has 0 bridgehead atoms. The van der Waals surface area contributed by atoms with Gasteiger partial charge in [0.25, 0.3) is 0 Å². The SMILES string of the molecule is CCS(=O)(=O)N1CC[C@H](Nc2c(Br)cnc3nc(-c4cc(C)n(-c5cc(NC(=O)CN6CCN(C)CC6)ccc5C)c4C)[nH]c23)C1. The molecule has 3 N–H and O–H groups in total. The lowest BCUT2D eigenvalue weighted by Gasteiger charge is -2.31. The second kappa shape index (κ2) is 13.1. The van der Waals surface area contributed by atoms with Gasteiger partial charge in [-0.05, 0) is 80.9 Å². The summed E-state index contributed by atoms with van der Waals surface area (Å²) < 4.78 is 29.3. The number of nitrogens with one attached hydrogen (secondary N) is 3. The van der Waals surface area contributed by atoms with Crippen LogP contribution in [0.15, 0.2) is 34.9 Å². The number of sulfonamides is 1. The normalized spacial score (nSPS) is 18.4. The van der Waals surface area contributed by atoms with Gasteiger partial charge in [-0.15, -0.1) is 0 Å². The van der Waals surface area contributed by atoms with E-state index < -0.39 is 10.0 Å². The number of pyridine rings is 1. The predicted octanol–water partition coefficient (Wildman–Crippen LogP) is 4.13. The van der Waals surface area contributed by atoms with Crippen LogP contribution in [-0.2, 0) is 14.8 Å². The van der Waals surface area contributed by atoms with Gasteiger partial charge in [-0.3, -0.25) is 9.69 Å². The molecular weight excluding hydrogens is 670 g/mol. The number of rotatable bonds is 9. The maximum Gasteiger partial charge on any atom is 0.238 e. The monoisotopic (exact) mass is 711 g/mol. The van der Waals surface area contributed by atoms with Gasteiger partial charge < -0.3 is 25.1 Å². The van der Waals surface area contributed by atoms with E-state index in [4.69, 9.17) is 4.98 Å². The minimum Gasteiger partial charge on any atom is -0.378 e. The summed E-state index contributed by atoms with van der Waals surface area (Å²) in [6.45, 7) is 12.9. The first-order valence-corrected chi connectivity index (χ1v) is 18.1. The van der Waals surface area contributed by atoms with Crippen molar-refractivity contribution in [2.75, 3.05) is 69.2 Å². The molecule has 1 amide bonds. The fourth-order valence-corrected chi connectivity index (χ4v) is 7.97. The Labute approximate surface area is 278 Å². The van der Waals surface area contributed by atoms with E-state index in [1.165, 1.54) is 0 Å². The Bertz CT molecular complexity index is 1880. The highest BCUT2D eigenvalue weighted by Crippen LogP contribution is 2.35. The number of carbonyl (C=O) groups excluding carboxylic acids is 1. The van der Waals surface area contributed by atoms with Crippen LogP contribution in [0.3, 0.4) is 0 Å². The molecule has 12 nitrogen and oxygen atoms in total. The van der Waals surface area contributed by atoms with Gasteiger partial charge in [0.2, 0.25) is 15.9 Å². The highest BCUT2D eigenvalue weighted by molar-refractivity contribution is 9.10. The summed E-state index contributed by atoms with van der Waals surface area (Å²) >= 11 is 3.64. The molecule has 5 heterocycles. The third-order valence-corrected chi connectivity index (χ3v) is 11.6. The minimum atomic E-state index is -3.23. The number of benzene rings is 1. The van der Waals surface area contributed by atoms with E-state index in [1.807, 2.05) is 18.2 Å². The van der Waals surface area contributed by atoms with E-state index in [9.17, 15) is 13.2 Å². The number of hydrogen-bond donors (Lipinski definition) is 3. The van der Waals surface area contributed by atoms with Crippen LogP contribution < -0.4 is 10.6 Å². The first-order chi connectivity index (χ1) is 21.9. The number of aromatic nitrogens is 4. The number of piperazine rings is 1. The Morgan fingerprint density at radius 2 is 1.87 bits per heavy atom. The molecule has 246 valence electrons. The van der Waals surface area contributed by atoms with Crippen molar-refractivity contribution in [3.8, 4) is 17.1 Å². The zero-order valence-electron chi connectivity index (χ0n) is 27.0. The van der Waals surface area contributed by atoms with Gasteiger partial charge in [0.15, 0.2) is 5.65 Å². The van der Waals surface area contributed by atoms with E-state index in [-0.39, 0.29) is 17.7 Å². The summed E-state index contributed by atoms with van der Waals surface area (Å²) in [5.74, 6) is 0.781. The highest BCUT2D eigenvalue weighted by atomic mass is 79.9. The molecule has 6 rings (SSSR count). The number of aryl methyl sites for hydroxylation is 2. The molecule has 4 aromatic rings. The van der Waals surface area contributed by atoms with E-state index >= 15 is 0 Å². The van der Waals surface area contributed by atoms with Gasteiger partial charge in [0.05, 0.1) is 28.1 Å². The first kappa shape index (κ1) is 32.6. The average molecular weight is 713 g/mol. The number of anilines is 2. The molecule has 2 aliphatic heterocycles. The van der Waals surface area contributed by atoms with Crippen molar-refractivity contribution in [3.05, 3.63) is 51.9 Å². The molecule has 2 saturated heterocycles. The van der Waals surface area contributed by atoms with Crippen LogP contribution in [0.1, 0.15) is 30.3 Å². The quantitative estimate of drug-likeness (QED) is 0.236. The number of amides is 1. The second-order valence-electron chi connectivity index (χ2n) is 12.4. The molecule has 0 saturated carbocycles. The Morgan fingerprint density at radius 3 is 2.61 bits per heavy atom. The number of imidazole rings is 1. The van der Waals surface area contributed by atoms with Crippen molar-refractivity contribution in [3.63, 3.8) is 0 Å². The Morgan fingerprint density at radius 1 is 1.11 bits per heavy atom. The van der Waals surface area contributed by atoms with E-state index in [1.54, 1.807) is 17.4 Å². The summed E-state index contributed by atoms with van der Waals surface area (Å²) in [5.41, 5.74) is 7.97. The fraction of sp³-hybridized carbons (Fsp3) is 0.469. The number of carbonyl (C=O) groups is 1. The lowest BCUT2D eigenvalue weighted by molar-refractivity contribution is -0.117. The van der Waals surface area contributed by atoms with Crippen molar-refractivity contribution >= 4 is 54.4 Å². The van der Waals surface area contributed by atoms with Crippen LogP contribution in [0, 0.1) is 20.8 Å². The number of aromatic amines is 1. The van der Waals surface area contributed by atoms with Crippen molar-refractivity contribution in [2.45, 2.75) is 40.2 Å². The van der Waals surface area contributed by atoms with Gasteiger partial charge in [0.1, 0.15) is 11.3 Å². The molecule has 46 heavy (non-hydrogen) atoms. The van der Waals surface area contributed by atoms with Crippen LogP contribution in [0.5, 0.6) is 0 Å². The number of fused-ring (bicyclic) bond motifs is 1. The van der Waals surface area contributed by atoms with Crippen LogP contribution in [0.4, 0.5) is 11.4 Å². The molecule has 14 heteroatoms. The topological polar surface area (TPSA) is 131 Å². The fourth-order valence-electron chi connectivity index (χ4n) is 6.40. The molecule has 0 unspecified atom stereocenters. The molecule has 1 aromatic carbocycles. The van der Waals surface area contributed by atoms with Crippen molar-refractivity contribution < 1.29 is 13.2 Å². The van der Waals surface area contributed by atoms with Gasteiger partial charge >= 0.3 is 0 Å². The lowest BCUT2D eigenvalue weighted by Crippen LogP contribution is -2.47. The predicted molar refractivity (Wildman–Crippen MR) is 186 cm³/mol. The maximum absolute atomic E-state index is 12.9. The molecular formula is C32H42BrN9O3S. The molecule has 2 aliphatic rings. The van der Waals surface area contributed by atoms with Crippen molar-refractivity contribution in [1.29, 1.82) is 0 Å². The summed E-state index contributed by atoms with van der Waals surface area (Å²) in [6, 6.07) is 8.10. The van der Waals surface area contributed by atoms with Gasteiger partial charge in [-0.25, -0.2) is 18.4 Å². The smallest absolute Gasteiger partial charge is 0.238 e. The van der Waals surface area contributed by atoms with E-state index in [2.05, 4.69) is 84.8 Å². The summed E-state index contributed by atoms with van der Waals surface area (Å²) in [6.07, 6.45) is 2.44. The average Bonchev–Trinajstić information content (AvgIpc) is 3.74. The Hall–Kier alpha value is -3.30. The molecule has 0 aliphatic carbocycles. The first-order valence-electron chi connectivity index (χ1n) is 15.7. The highest BCUT2D eigenvalue weighted by Gasteiger charge is 2.31. The molecule has 2 fully saturated rings. The zero-order chi connectivity index (χ0) is 32.7. The summed E-state index contributed by atoms with van der Waals surface area (Å²) in [5, 5.41) is 6.65. The van der Waals surface area contributed by atoms with Gasteiger partial charge in [-0.2, -0.15) is 4.31 Å². The van der Waals surface area contributed by atoms with Crippen molar-refractivity contribution in [2.24, 2.45) is 0 Å². The van der Waals surface area contributed by atoms with E-state index in [0.717, 1.165) is 75.7 Å². The Kier molecular flexibility index (Phi) is 9.27. The largest absolute Gasteiger partial charge is 0.378 e. The van der Waals surface area contributed by atoms with Crippen molar-refractivity contribution in [1.82, 2.24) is 33.6 Å². The molecule has 0 radical (unpaired) electrons. The Balaban J connectivity index is 1.25. The summed E-state index contributed by atoms with van der Waals surface area (Å²) in [7, 11) is -1.13. The van der Waals surface area contributed by atoms with Gasteiger partial charge in [-0.1, -0.05) is 6.07 Å². The minimum absolute atomic E-state index is 0.0105. The number of halogens is 1. The second-order valence-corrected chi connectivity index (χ2v) is 15.5. The number of H-pyrrole nitrogens is 1. The van der Waals surface area contributed by atoms with Gasteiger partial charge in [0, 0.05) is 74.1 Å². The zero-order valence-corrected chi connectivity index (χ0v) is 29.4. The maximum atomic E-state index is 12.9. The molecule has 3 aromatic heterocycles. The number of likely N-dealkylation sites (N-methyl/N-ethyl adjacent to an activating group) is 1. The van der Waals surface area contributed by atoms with E-state index in [0.29, 0.717) is 37.5 Å². The summed E-state index contributed by atoms with van der Waals surface area (Å²) in [4.78, 5) is 30.3. The van der Waals surface area contributed by atoms with Crippen LogP contribution in [0.2, 0.25) is 0 Å². The van der Waals surface area contributed by atoms with Crippen LogP contribution in [0.25, 0.3) is 28.2 Å². The number of nitrogens with zero attached hydrogens (tertiary/aromatic N) is 6. The molecule has 0 spiro atoms. The lowest BCUT2D eigenvalue weighted by atomic mass is 10.1. The third kappa shape index (κ3) is 6.58. The third-order valence-electron chi connectivity index (χ3n) is 9.11. The standard InChI is InChI=1S/C32H42BrN9O3S/c1-6-46(44,45)41-10-9-24(18-41)36-29-26(33)17-34-32-30(29)37-31(38-32)25-15-21(3)42(22(25)4)27-16-23(8-7-20(27)2)35-28(43)19-40-13-11-39(5)12-14-40/h7-8,15-17,24H,6,9-14,18-19H2,1-5H3,(H,35,43)(H2,34,36,37,38)/t24-/m0/s1.